The number of rotatable bonds is 8. The van der Waals surface area contributed by atoms with E-state index in [1.54, 1.807) is 0 Å². The molecule has 1 atom stereocenters. The van der Waals surface area contributed by atoms with Gasteiger partial charge in [-0.25, -0.2) is 4.79 Å². The van der Waals surface area contributed by atoms with Crippen LogP contribution in [-0.2, 0) is 20.9 Å². The average Bonchev–Trinajstić information content (AvgIpc) is 3.08. The van der Waals surface area contributed by atoms with E-state index in [1.807, 2.05) is 30.3 Å². The highest BCUT2D eigenvalue weighted by molar-refractivity contribution is 8.14. The summed E-state index contributed by atoms with van der Waals surface area (Å²) in [6.45, 7) is 1.82. The molecule has 1 aromatic rings. The van der Waals surface area contributed by atoms with Crippen molar-refractivity contribution in [2.24, 2.45) is 5.41 Å². The number of alkyl carbamates (subject to hydrolysis) is 1. The SMILES string of the molecule is CC(=O)SC(CNC(=O)OCc1ccccc1)CC1(C(=O)O)CCCC1. The topological polar surface area (TPSA) is 92.7 Å². The molecule has 26 heavy (non-hydrogen) atoms. The molecule has 1 saturated carbocycles. The van der Waals surface area contributed by atoms with E-state index in [0.717, 1.165) is 30.2 Å². The number of carbonyl (C=O) groups excluding carboxylic acids is 2. The van der Waals surface area contributed by atoms with Crippen LogP contribution < -0.4 is 5.32 Å². The molecule has 0 spiro atoms. The molecule has 0 radical (unpaired) electrons. The molecule has 1 unspecified atom stereocenters. The van der Waals surface area contributed by atoms with Gasteiger partial charge in [0.15, 0.2) is 5.12 Å². The molecule has 142 valence electrons. The molecule has 1 fully saturated rings. The minimum Gasteiger partial charge on any atom is -0.481 e. The lowest BCUT2D eigenvalue weighted by Crippen LogP contribution is -2.37. The van der Waals surface area contributed by atoms with E-state index >= 15 is 0 Å². The minimum absolute atomic E-state index is 0.0898. The van der Waals surface area contributed by atoms with Gasteiger partial charge >= 0.3 is 12.1 Å². The van der Waals surface area contributed by atoms with Crippen LogP contribution in [-0.4, -0.2) is 34.1 Å². The molecule has 2 N–H and O–H groups in total. The number of ether oxygens (including phenoxy) is 1. The molecular weight excluding hydrogens is 354 g/mol. The van der Waals surface area contributed by atoms with Crippen molar-refractivity contribution in [3.8, 4) is 0 Å². The third-order valence-corrected chi connectivity index (χ3v) is 5.65. The summed E-state index contributed by atoms with van der Waals surface area (Å²) in [5, 5.41) is 11.9. The zero-order chi connectivity index (χ0) is 19.0. The summed E-state index contributed by atoms with van der Waals surface area (Å²) >= 11 is 1.09. The van der Waals surface area contributed by atoms with Crippen molar-refractivity contribution >= 4 is 28.9 Å². The third kappa shape index (κ3) is 6.05. The van der Waals surface area contributed by atoms with Crippen LogP contribution in [0.25, 0.3) is 0 Å². The molecule has 6 nitrogen and oxygen atoms in total. The Bertz CT molecular complexity index is 628. The van der Waals surface area contributed by atoms with Crippen molar-refractivity contribution in [3.05, 3.63) is 35.9 Å². The van der Waals surface area contributed by atoms with Gasteiger partial charge in [-0.15, -0.1) is 0 Å². The Balaban J connectivity index is 1.87. The lowest BCUT2D eigenvalue weighted by atomic mass is 9.81. The summed E-state index contributed by atoms with van der Waals surface area (Å²) in [6.07, 6.45) is 2.81. The van der Waals surface area contributed by atoms with Gasteiger partial charge in [0.2, 0.25) is 0 Å². The fourth-order valence-electron chi connectivity index (χ4n) is 3.35. The maximum atomic E-state index is 11.9. The van der Waals surface area contributed by atoms with Gasteiger partial charge in [0.05, 0.1) is 5.41 Å². The predicted molar refractivity (Wildman–Crippen MR) is 99.8 cm³/mol. The van der Waals surface area contributed by atoms with Gasteiger partial charge in [0, 0.05) is 18.7 Å². The average molecular weight is 379 g/mol. The van der Waals surface area contributed by atoms with Crippen LogP contribution in [0.3, 0.4) is 0 Å². The molecule has 0 aromatic heterocycles. The molecule has 0 heterocycles. The number of thioether (sulfide) groups is 1. The number of hydrogen-bond donors (Lipinski definition) is 2. The van der Waals surface area contributed by atoms with Crippen LogP contribution >= 0.6 is 11.8 Å². The van der Waals surface area contributed by atoms with Gasteiger partial charge < -0.3 is 15.2 Å². The minimum atomic E-state index is -0.809. The number of carboxylic acid groups (broad SMARTS) is 1. The van der Waals surface area contributed by atoms with Crippen LogP contribution in [0.2, 0.25) is 0 Å². The highest BCUT2D eigenvalue weighted by atomic mass is 32.2. The summed E-state index contributed by atoms with van der Waals surface area (Å²) in [5.41, 5.74) is 0.0935. The van der Waals surface area contributed by atoms with Gasteiger partial charge in [-0.3, -0.25) is 9.59 Å². The fourth-order valence-corrected chi connectivity index (χ4v) is 4.39. The number of hydrogen-bond acceptors (Lipinski definition) is 5. The van der Waals surface area contributed by atoms with Crippen molar-refractivity contribution in [3.63, 3.8) is 0 Å². The molecule has 7 heteroatoms. The highest BCUT2D eigenvalue weighted by Gasteiger charge is 2.43. The van der Waals surface area contributed by atoms with Crippen LogP contribution in [0.15, 0.2) is 30.3 Å². The molecule has 1 amide bonds. The zero-order valence-electron chi connectivity index (χ0n) is 14.9. The smallest absolute Gasteiger partial charge is 0.407 e. The number of benzene rings is 1. The van der Waals surface area contributed by atoms with Crippen LogP contribution in [0.1, 0.15) is 44.6 Å². The first-order valence-electron chi connectivity index (χ1n) is 8.76. The first-order chi connectivity index (χ1) is 12.4. The Hall–Kier alpha value is -2.02. The molecule has 1 aliphatic carbocycles. The van der Waals surface area contributed by atoms with Crippen molar-refractivity contribution < 1.29 is 24.2 Å². The number of amides is 1. The molecule has 0 bridgehead atoms. The molecule has 1 aromatic carbocycles. The predicted octanol–water partition coefficient (Wildman–Crippen LogP) is 3.60. The first kappa shape index (κ1) is 20.3. The monoisotopic (exact) mass is 379 g/mol. The van der Waals surface area contributed by atoms with E-state index in [1.165, 1.54) is 6.92 Å². The van der Waals surface area contributed by atoms with Crippen molar-refractivity contribution in [2.75, 3.05) is 6.54 Å². The van der Waals surface area contributed by atoms with Gasteiger partial charge in [0.25, 0.3) is 0 Å². The van der Waals surface area contributed by atoms with Crippen molar-refractivity contribution in [1.29, 1.82) is 0 Å². The Labute approximate surface area is 157 Å². The summed E-state index contributed by atoms with van der Waals surface area (Å²) in [6, 6.07) is 9.33. The number of aliphatic carboxylic acids is 1. The molecular formula is C19H25NO5S. The Morgan fingerprint density at radius 2 is 1.88 bits per heavy atom. The summed E-state index contributed by atoms with van der Waals surface area (Å²) < 4.78 is 5.17. The lowest BCUT2D eigenvalue weighted by molar-refractivity contribution is -0.149. The lowest BCUT2D eigenvalue weighted by Gasteiger charge is -2.28. The number of carboxylic acids is 1. The molecule has 1 aliphatic rings. The Morgan fingerprint density at radius 3 is 2.46 bits per heavy atom. The van der Waals surface area contributed by atoms with E-state index in [2.05, 4.69) is 5.32 Å². The van der Waals surface area contributed by atoms with Crippen LogP contribution in [0, 0.1) is 5.41 Å². The normalized spacial score (nSPS) is 16.7. The summed E-state index contributed by atoms with van der Waals surface area (Å²) in [5.74, 6) is -0.809. The van der Waals surface area contributed by atoms with Crippen molar-refractivity contribution in [2.45, 2.75) is 50.9 Å². The highest BCUT2D eigenvalue weighted by Crippen LogP contribution is 2.44. The van der Waals surface area contributed by atoms with Gasteiger partial charge in [-0.05, 0) is 24.8 Å². The first-order valence-corrected chi connectivity index (χ1v) is 9.64. The number of nitrogens with one attached hydrogen (secondary N) is 1. The fraction of sp³-hybridized carbons (Fsp3) is 0.526. The molecule has 0 aliphatic heterocycles. The Kier molecular flexibility index (Phi) is 7.50. The van der Waals surface area contributed by atoms with E-state index in [4.69, 9.17) is 4.74 Å². The van der Waals surface area contributed by atoms with E-state index < -0.39 is 17.5 Å². The maximum absolute atomic E-state index is 11.9. The van der Waals surface area contributed by atoms with E-state index in [-0.39, 0.29) is 23.5 Å². The third-order valence-electron chi connectivity index (χ3n) is 4.65. The molecule has 0 saturated heterocycles. The number of carbonyl (C=O) groups is 3. The van der Waals surface area contributed by atoms with E-state index in [0.29, 0.717) is 19.3 Å². The summed E-state index contributed by atoms with van der Waals surface area (Å²) in [7, 11) is 0. The zero-order valence-corrected chi connectivity index (χ0v) is 15.7. The second-order valence-electron chi connectivity index (χ2n) is 6.67. The van der Waals surface area contributed by atoms with E-state index in [9.17, 15) is 19.5 Å². The Morgan fingerprint density at radius 1 is 1.23 bits per heavy atom. The van der Waals surface area contributed by atoms with Gasteiger partial charge in [0.1, 0.15) is 6.61 Å². The quantitative estimate of drug-likeness (QED) is 0.717. The van der Waals surface area contributed by atoms with Crippen LogP contribution in [0.5, 0.6) is 0 Å². The summed E-state index contributed by atoms with van der Waals surface area (Å²) in [4.78, 5) is 35.2. The van der Waals surface area contributed by atoms with Crippen LogP contribution in [0.4, 0.5) is 4.79 Å². The largest absolute Gasteiger partial charge is 0.481 e. The van der Waals surface area contributed by atoms with Gasteiger partial charge in [-0.2, -0.15) is 0 Å². The second kappa shape index (κ2) is 9.62. The molecule has 2 rings (SSSR count). The van der Waals surface area contributed by atoms with Gasteiger partial charge in [-0.1, -0.05) is 54.9 Å². The maximum Gasteiger partial charge on any atom is 0.407 e. The standard InChI is InChI=1S/C19H25NO5S/c1-14(21)26-16(11-19(17(22)23)9-5-6-10-19)12-20-18(24)25-13-15-7-3-2-4-8-15/h2-4,7-8,16H,5-6,9-13H2,1H3,(H,20,24)(H,22,23). The van der Waals surface area contributed by atoms with Crippen molar-refractivity contribution in [1.82, 2.24) is 5.32 Å². The second-order valence-corrected chi connectivity index (χ2v) is 8.15.